The van der Waals surface area contributed by atoms with Crippen LogP contribution in [-0.2, 0) is 4.79 Å². The summed E-state index contributed by atoms with van der Waals surface area (Å²) in [5.74, 6) is -0.698. The van der Waals surface area contributed by atoms with E-state index in [-0.39, 0.29) is 6.42 Å². The largest absolute Gasteiger partial charge is 0.481 e. The molecular weight excluding hydrogens is 202 g/mol. The van der Waals surface area contributed by atoms with Crippen LogP contribution in [0.4, 0.5) is 0 Å². The normalized spacial score (nSPS) is 13.4. The molecule has 1 atom stereocenters. The van der Waals surface area contributed by atoms with Gasteiger partial charge in [-0.05, 0) is 26.7 Å². The van der Waals surface area contributed by atoms with E-state index in [1.807, 2.05) is 0 Å². The third-order valence-electron chi connectivity index (χ3n) is 3.08. The molecular formula is C13H27NO2. The van der Waals surface area contributed by atoms with Crippen molar-refractivity contribution in [2.75, 3.05) is 6.54 Å². The smallest absolute Gasteiger partial charge is 0.304 e. The van der Waals surface area contributed by atoms with Gasteiger partial charge in [0.1, 0.15) is 0 Å². The second-order valence-corrected chi connectivity index (χ2v) is 4.68. The van der Waals surface area contributed by atoms with Crippen molar-refractivity contribution in [2.45, 2.75) is 71.9 Å². The second kappa shape index (κ2) is 8.57. The number of rotatable bonds is 9. The first kappa shape index (κ1) is 15.4. The van der Waals surface area contributed by atoms with Crippen LogP contribution < -0.4 is 0 Å². The first-order valence-electron chi connectivity index (χ1n) is 6.50. The van der Waals surface area contributed by atoms with Crippen LogP contribution in [0.25, 0.3) is 0 Å². The van der Waals surface area contributed by atoms with E-state index in [4.69, 9.17) is 5.11 Å². The minimum atomic E-state index is -0.698. The molecule has 0 aromatic rings. The van der Waals surface area contributed by atoms with E-state index in [9.17, 15) is 4.79 Å². The average Bonchev–Trinajstić information content (AvgIpc) is 2.21. The van der Waals surface area contributed by atoms with E-state index in [1.54, 1.807) is 0 Å². The molecule has 0 saturated heterocycles. The summed E-state index contributed by atoms with van der Waals surface area (Å²) in [6, 6.07) is 0.973. The number of hydrogen-bond acceptors (Lipinski definition) is 2. The Morgan fingerprint density at radius 1 is 1.31 bits per heavy atom. The van der Waals surface area contributed by atoms with E-state index in [0.717, 1.165) is 6.42 Å². The van der Waals surface area contributed by atoms with Gasteiger partial charge in [-0.15, -0.1) is 0 Å². The molecule has 0 aromatic heterocycles. The molecule has 0 aliphatic rings. The van der Waals surface area contributed by atoms with Gasteiger partial charge in [-0.1, -0.05) is 26.7 Å². The summed E-state index contributed by atoms with van der Waals surface area (Å²) < 4.78 is 0. The van der Waals surface area contributed by atoms with Gasteiger partial charge in [0.2, 0.25) is 0 Å². The number of hydrogen-bond donors (Lipinski definition) is 1. The summed E-state index contributed by atoms with van der Waals surface area (Å²) in [6.07, 6.45) is 4.99. The third kappa shape index (κ3) is 6.11. The second-order valence-electron chi connectivity index (χ2n) is 4.68. The predicted octanol–water partition coefficient (Wildman–Crippen LogP) is 3.14. The zero-order valence-corrected chi connectivity index (χ0v) is 11.2. The number of aliphatic carboxylic acids is 1. The van der Waals surface area contributed by atoms with Gasteiger partial charge in [0, 0.05) is 18.6 Å². The van der Waals surface area contributed by atoms with Gasteiger partial charge in [-0.3, -0.25) is 9.69 Å². The lowest BCUT2D eigenvalue weighted by atomic mass is 10.0. The number of carboxylic acid groups (broad SMARTS) is 1. The Bertz CT molecular complexity index is 192. The highest BCUT2D eigenvalue weighted by molar-refractivity contribution is 5.66. The van der Waals surface area contributed by atoms with Crippen molar-refractivity contribution in [1.82, 2.24) is 4.90 Å². The van der Waals surface area contributed by atoms with Crippen molar-refractivity contribution in [3.05, 3.63) is 0 Å². The van der Waals surface area contributed by atoms with Crippen molar-refractivity contribution in [1.29, 1.82) is 0 Å². The number of carbonyl (C=O) groups is 1. The summed E-state index contributed by atoms with van der Waals surface area (Å²) in [6.45, 7) is 9.36. The summed E-state index contributed by atoms with van der Waals surface area (Å²) in [7, 11) is 0. The summed E-state index contributed by atoms with van der Waals surface area (Å²) in [5, 5.41) is 8.75. The molecule has 0 radical (unpaired) electrons. The lowest BCUT2D eigenvalue weighted by molar-refractivity contribution is -0.137. The summed E-state index contributed by atoms with van der Waals surface area (Å²) in [5.41, 5.74) is 0. The molecule has 0 saturated carbocycles. The molecule has 0 aliphatic heterocycles. The predicted molar refractivity (Wildman–Crippen MR) is 67.7 cm³/mol. The Morgan fingerprint density at radius 2 is 1.94 bits per heavy atom. The van der Waals surface area contributed by atoms with Crippen LogP contribution >= 0.6 is 0 Å². The molecule has 0 amide bonds. The first-order chi connectivity index (χ1) is 7.52. The fourth-order valence-corrected chi connectivity index (χ4v) is 2.13. The van der Waals surface area contributed by atoms with Crippen molar-refractivity contribution >= 4 is 5.97 Å². The maximum absolute atomic E-state index is 10.6. The maximum atomic E-state index is 10.6. The highest BCUT2D eigenvalue weighted by atomic mass is 16.4. The van der Waals surface area contributed by atoms with Crippen LogP contribution in [-0.4, -0.2) is 34.6 Å². The number of unbranched alkanes of at least 4 members (excludes halogenated alkanes) is 1. The van der Waals surface area contributed by atoms with Crippen molar-refractivity contribution in [3.63, 3.8) is 0 Å². The molecule has 0 heterocycles. The first-order valence-corrected chi connectivity index (χ1v) is 6.50. The van der Waals surface area contributed by atoms with Crippen LogP contribution in [0.3, 0.4) is 0 Å². The fourth-order valence-electron chi connectivity index (χ4n) is 2.13. The topological polar surface area (TPSA) is 40.5 Å². The molecule has 1 unspecified atom stereocenters. The lowest BCUT2D eigenvalue weighted by Gasteiger charge is -2.34. The molecule has 0 rings (SSSR count). The molecule has 3 nitrogen and oxygen atoms in total. The van der Waals surface area contributed by atoms with Gasteiger partial charge >= 0.3 is 5.97 Å². The van der Waals surface area contributed by atoms with Crippen molar-refractivity contribution < 1.29 is 9.90 Å². The molecule has 3 heteroatoms. The van der Waals surface area contributed by atoms with Gasteiger partial charge in [-0.25, -0.2) is 0 Å². The fraction of sp³-hybridized carbons (Fsp3) is 0.923. The summed E-state index contributed by atoms with van der Waals surface area (Å²) in [4.78, 5) is 13.0. The van der Waals surface area contributed by atoms with Crippen molar-refractivity contribution in [2.24, 2.45) is 0 Å². The van der Waals surface area contributed by atoms with E-state index in [1.165, 1.54) is 19.3 Å². The zero-order chi connectivity index (χ0) is 12.6. The Kier molecular flexibility index (Phi) is 8.26. The molecule has 16 heavy (non-hydrogen) atoms. The van der Waals surface area contributed by atoms with E-state index in [0.29, 0.717) is 18.6 Å². The Hall–Kier alpha value is -0.570. The molecule has 0 fully saturated rings. The van der Waals surface area contributed by atoms with Crippen LogP contribution in [0.15, 0.2) is 0 Å². The number of nitrogens with zero attached hydrogens (tertiary/aromatic N) is 1. The third-order valence-corrected chi connectivity index (χ3v) is 3.08. The molecule has 0 aliphatic carbocycles. The summed E-state index contributed by atoms with van der Waals surface area (Å²) >= 11 is 0. The Morgan fingerprint density at radius 3 is 2.31 bits per heavy atom. The van der Waals surface area contributed by atoms with Crippen LogP contribution in [0.2, 0.25) is 0 Å². The van der Waals surface area contributed by atoms with Gasteiger partial charge in [0.05, 0.1) is 6.42 Å². The van der Waals surface area contributed by atoms with Crippen LogP contribution in [0.1, 0.15) is 59.8 Å². The maximum Gasteiger partial charge on any atom is 0.304 e. The standard InChI is InChI=1S/C13H27NO2/c1-5-7-8-12(6-2)14(11(3)4)10-9-13(15)16/h11-12H,5-10H2,1-4H3,(H,15,16). The molecule has 1 N–H and O–H groups in total. The zero-order valence-electron chi connectivity index (χ0n) is 11.2. The van der Waals surface area contributed by atoms with E-state index >= 15 is 0 Å². The molecule has 96 valence electrons. The minimum absolute atomic E-state index is 0.251. The molecule has 0 bridgehead atoms. The minimum Gasteiger partial charge on any atom is -0.481 e. The van der Waals surface area contributed by atoms with Crippen LogP contribution in [0.5, 0.6) is 0 Å². The average molecular weight is 229 g/mol. The van der Waals surface area contributed by atoms with Gasteiger partial charge in [0.15, 0.2) is 0 Å². The van der Waals surface area contributed by atoms with Gasteiger partial charge < -0.3 is 5.11 Å². The van der Waals surface area contributed by atoms with Gasteiger partial charge in [-0.2, -0.15) is 0 Å². The van der Waals surface area contributed by atoms with E-state index < -0.39 is 5.97 Å². The Balaban J connectivity index is 4.28. The Labute approximate surface area is 99.8 Å². The van der Waals surface area contributed by atoms with E-state index in [2.05, 4.69) is 32.6 Å². The van der Waals surface area contributed by atoms with Crippen LogP contribution in [0, 0.1) is 0 Å². The highest BCUT2D eigenvalue weighted by Gasteiger charge is 2.19. The molecule has 0 spiro atoms. The lowest BCUT2D eigenvalue weighted by Crippen LogP contribution is -2.41. The quantitative estimate of drug-likeness (QED) is 0.660. The monoisotopic (exact) mass is 229 g/mol. The highest BCUT2D eigenvalue weighted by Crippen LogP contribution is 2.16. The van der Waals surface area contributed by atoms with Gasteiger partial charge in [0.25, 0.3) is 0 Å². The molecule has 0 aromatic carbocycles. The number of carboxylic acids is 1. The SMILES string of the molecule is CCCCC(CC)N(CCC(=O)O)C(C)C. The van der Waals surface area contributed by atoms with Crippen molar-refractivity contribution in [3.8, 4) is 0 Å².